The minimum Gasteiger partial charge on any atom is -0.352 e. The fourth-order valence-corrected chi connectivity index (χ4v) is 3.09. The van der Waals surface area contributed by atoms with Crippen molar-refractivity contribution in [2.24, 2.45) is 5.92 Å². The first-order chi connectivity index (χ1) is 12.8. The van der Waals surface area contributed by atoms with E-state index in [2.05, 4.69) is 10.3 Å². The van der Waals surface area contributed by atoms with Crippen molar-refractivity contribution >= 4 is 29.1 Å². The van der Waals surface area contributed by atoms with E-state index >= 15 is 0 Å². The van der Waals surface area contributed by atoms with Gasteiger partial charge in [-0.3, -0.25) is 14.6 Å². The number of aromatic nitrogens is 1. The first-order valence-electron chi connectivity index (χ1n) is 8.09. The molecule has 1 unspecified atom stereocenters. The second-order valence-corrected chi connectivity index (χ2v) is 6.55. The van der Waals surface area contributed by atoms with E-state index in [0.29, 0.717) is 0 Å². The molecule has 27 heavy (non-hydrogen) atoms. The third-order valence-corrected chi connectivity index (χ3v) is 4.61. The van der Waals surface area contributed by atoms with Gasteiger partial charge < -0.3 is 10.2 Å². The molecular formula is C18H15ClF3N3O2. The minimum atomic E-state index is -4.63. The number of carbonyl (C=O) groups excluding carboxylic acids is 2. The topological polar surface area (TPSA) is 62.3 Å². The van der Waals surface area contributed by atoms with Gasteiger partial charge in [-0.1, -0.05) is 11.6 Å². The van der Waals surface area contributed by atoms with E-state index in [4.69, 9.17) is 11.6 Å². The second kappa shape index (κ2) is 7.56. The van der Waals surface area contributed by atoms with E-state index in [1.165, 1.54) is 11.0 Å². The van der Waals surface area contributed by atoms with Crippen LogP contribution < -0.4 is 10.2 Å². The first-order valence-corrected chi connectivity index (χ1v) is 8.47. The number of hydrogen-bond acceptors (Lipinski definition) is 3. The Morgan fingerprint density at radius 3 is 2.63 bits per heavy atom. The quantitative estimate of drug-likeness (QED) is 0.859. The molecule has 5 nitrogen and oxygen atoms in total. The van der Waals surface area contributed by atoms with Crippen molar-refractivity contribution in [2.45, 2.75) is 19.1 Å². The van der Waals surface area contributed by atoms with Crippen molar-refractivity contribution in [1.82, 2.24) is 10.3 Å². The van der Waals surface area contributed by atoms with Gasteiger partial charge in [0, 0.05) is 37.6 Å². The lowest BCUT2D eigenvalue weighted by Gasteiger charge is -2.19. The maximum absolute atomic E-state index is 13.0. The van der Waals surface area contributed by atoms with Crippen molar-refractivity contribution in [1.29, 1.82) is 0 Å². The van der Waals surface area contributed by atoms with Gasteiger partial charge in [0.2, 0.25) is 11.8 Å². The zero-order chi connectivity index (χ0) is 19.6. The summed E-state index contributed by atoms with van der Waals surface area (Å²) in [6.45, 7) is 0.297. The van der Waals surface area contributed by atoms with Crippen LogP contribution in [-0.2, 0) is 22.3 Å². The maximum Gasteiger partial charge on any atom is 0.417 e. The molecular weight excluding hydrogens is 383 g/mol. The summed E-state index contributed by atoms with van der Waals surface area (Å²) in [5.41, 5.74) is -0.0896. The summed E-state index contributed by atoms with van der Waals surface area (Å²) in [6, 6.07) is 6.77. The van der Waals surface area contributed by atoms with E-state index in [1.54, 1.807) is 24.5 Å². The van der Waals surface area contributed by atoms with E-state index in [9.17, 15) is 22.8 Å². The molecule has 0 aliphatic carbocycles. The van der Waals surface area contributed by atoms with Gasteiger partial charge in [0.05, 0.1) is 16.5 Å². The Hall–Kier alpha value is -2.61. The van der Waals surface area contributed by atoms with Gasteiger partial charge in [0.25, 0.3) is 0 Å². The Kier molecular flexibility index (Phi) is 5.36. The second-order valence-electron chi connectivity index (χ2n) is 6.14. The standard InChI is InChI=1S/C18H15ClF3N3O2/c19-15-2-1-13(8-14(15)18(20,21)22)25-10-12(7-16(25)26)17(27)24-9-11-3-5-23-6-4-11/h1-6,8,12H,7,9-10H2,(H,24,27). The number of alkyl halides is 3. The van der Waals surface area contributed by atoms with Gasteiger partial charge >= 0.3 is 6.18 Å². The average Bonchev–Trinajstić information content (AvgIpc) is 3.02. The monoisotopic (exact) mass is 397 g/mol. The van der Waals surface area contributed by atoms with Crippen LogP contribution in [0.25, 0.3) is 0 Å². The first kappa shape index (κ1) is 19.2. The Morgan fingerprint density at radius 2 is 1.96 bits per heavy atom. The predicted octanol–water partition coefficient (Wildman–Crippen LogP) is 3.42. The normalized spacial score (nSPS) is 17.3. The number of carbonyl (C=O) groups is 2. The van der Waals surface area contributed by atoms with Crippen LogP contribution in [-0.4, -0.2) is 23.3 Å². The third-order valence-electron chi connectivity index (χ3n) is 4.28. The molecule has 0 spiro atoms. The molecule has 2 aromatic rings. The SMILES string of the molecule is O=C(NCc1ccncc1)C1CC(=O)N(c2ccc(Cl)c(C(F)(F)F)c2)C1. The molecule has 2 heterocycles. The molecule has 1 atom stereocenters. The van der Waals surface area contributed by atoms with Gasteiger partial charge in [-0.2, -0.15) is 13.2 Å². The van der Waals surface area contributed by atoms with Crippen molar-refractivity contribution in [3.63, 3.8) is 0 Å². The highest BCUT2D eigenvalue weighted by Gasteiger charge is 2.38. The maximum atomic E-state index is 13.0. The lowest BCUT2D eigenvalue weighted by molar-refractivity contribution is -0.137. The van der Waals surface area contributed by atoms with Crippen LogP contribution in [0.4, 0.5) is 18.9 Å². The summed E-state index contributed by atoms with van der Waals surface area (Å²) in [7, 11) is 0. The van der Waals surface area contributed by atoms with Crippen LogP contribution in [0, 0.1) is 5.92 Å². The van der Waals surface area contributed by atoms with E-state index in [0.717, 1.165) is 17.7 Å². The molecule has 2 amide bonds. The number of pyridine rings is 1. The molecule has 1 N–H and O–H groups in total. The molecule has 0 saturated carbocycles. The zero-order valence-corrected chi connectivity index (χ0v) is 14.7. The lowest BCUT2D eigenvalue weighted by atomic mass is 10.1. The number of anilines is 1. The van der Waals surface area contributed by atoms with E-state index in [-0.39, 0.29) is 31.1 Å². The Balaban J connectivity index is 1.69. The summed E-state index contributed by atoms with van der Waals surface area (Å²) in [5.74, 6) is -1.37. The highest BCUT2D eigenvalue weighted by molar-refractivity contribution is 6.31. The minimum absolute atomic E-state index is 0.0138. The predicted molar refractivity (Wildman–Crippen MR) is 93.0 cm³/mol. The third kappa shape index (κ3) is 4.39. The summed E-state index contributed by atoms with van der Waals surface area (Å²) in [5, 5.41) is 2.29. The van der Waals surface area contributed by atoms with Gasteiger partial charge in [0.15, 0.2) is 0 Å². The number of nitrogens with zero attached hydrogens (tertiary/aromatic N) is 2. The van der Waals surface area contributed by atoms with E-state index in [1.807, 2.05) is 0 Å². The van der Waals surface area contributed by atoms with Crippen molar-refractivity contribution < 1.29 is 22.8 Å². The molecule has 142 valence electrons. The van der Waals surface area contributed by atoms with Crippen molar-refractivity contribution in [3.05, 3.63) is 58.9 Å². The Labute approximate surface area is 158 Å². The molecule has 1 aromatic heterocycles. The molecule has 9 heteroatoms. The molecule has 1 aliphatic heterocycles. The lowest BCUT2D eigenvalue weighted by Crippen LogP contribution is -2.32. The molecule has 1 aliphatic rings. The molecule has 1 saturated heterocycles. The van der Waals surface area contributed by atoms with Crippen LogP contribution in [0.2, 0.25) is 5.02 Å². The number of amides is 2. The van der Waals surface area contributed by atoms with Crippen molar-refractivity contribution in [2.75, 3.05) is 11.4 Å². The number of hydrogen-bond donors (Lipinski definition) is 1. The van der Waals surface area contributed by atoms with E-state index < -0.39 is 28.6 Å². The fraction of sp³-hybridized carbons (Fsp3) is 0.278. The molecule has 3 rings (SSSR count). The molecule has 1 aromatic carbocycles. The van der Waals surface area contributed by atoms with Gasteiger partial charge in [-0.25, -0.2) is 0 Å². The molecule has 0 radical (unpaired) electrons. The van der Waals surface area contributed by atoms with Gasteiger partial charge in [-0.15, -0.1) is 0 Å². The number of rotatable bonds is 4. The van der Waals surface area contributed by atoms with Crippen LogP contribution in [0.5, 0.6) is 0 Å². The Bertz CT molecular complexity index is 859. The van der Waals surface area contributed by atoms with Crippen LogP contribution in [0.3, 0.4) is 0 Å². The number of benzene rings is 1. The Morgan fingerprint density at radius 1 is 1.26 bits per heavy atom. The summed E-state index contributed by atoms with van der Waals surface area (Å²) >= 11 is 5.61. The number of nitrogens with one attached hydrogen (secondary N) is 1. The average molecular weight is 398 g/mol. The van der Waals surface area contributed by atoms with Gasteiger partial charge in [0.1, 0.15) is 0 Å². The van der Waals surface area contributed by atoms with Crippen LogP contribution in [0.15, 0.2) is 42.7 Å². The largest absolute Gasteiger partial charge is 0.417 e. The smallest absolute Gasteiger partial charge is 0.352 e. The summed E-state index contributed by atoms with van der Waals surface area (Å²) < 4.78 is 39.1. The molecule has 0 bridgehead atoms. The van der Waals surface area contributed by atoms with Gasteiger partial charge in [-0.05, 0) is 35.9 Å². The summed E-state index contributed by atoms with van der Waals surface area (Å²) in [4.78, 5) is 29.6. The zero-order valence-electron chi connectivity index (χ0n) is 14.0. The highest BCUT2D eigenvalue weighted by atomic mass is 35.5. The van der Waals surface area contributed by atoms with Crippen LogP contribution >= 0.6 is 11.6 Å². The number of halogens is 4. The van der Waals surface area contributed by atoms with Crippen LogP contribution in [0.1, 0.15) is 17.5 Å². The highest BCUT2D eigenvalue weighted by Crippen LogP contribution is 2.38. The molecule has 1 fully saturated rings. The fourth-order valence-electron chi connectivity index (χ4n) is 2.87. The van der Waals surface area contributed by atoms with Crippen molar-refractivity contribution in [3.8, 4) is 0 Å². The summed E-state index contributed by atoms with van der Waals surface area (Å²) in [6.07, 6.45) is -1.49.